The van der Waals surface area contributed by atoms with Gasteiger partial charge < -0.3 is 4.74 Å². The molecular weight excluding hydrogens is 288 g/mol. The molecule has 4 rings (SSSR count). The van der Waals surface area contributed by atoms with Crippen LogP contribution in [-0.4, -0.2) is 28.4 Å². The highest BCUT2D eigenvalue weighted by atomic mass is 16.6. The zero-order valence-corrected chi connectivity index (χ0v) is 11.6. The first kappa shape index (κ1) is 13.1. The molecule has 2 fully saturated rings. The van der Waals surface area contributed by atoms with E-state index < -0.39 is 28.5 Å². The smallest absolute Gasteiger partial charge is 0.271 e. The van der Waals surface area contributed by atoms with Crippen LogP contribution in [0, 0.1) is 22.0 Å². The van der Waals surface area contributed by atoms with E-state index in [2.05, 4.69) is 0 Å². The number of imide groups is 1. The molecule has 0 radical (unpaired) electrons. The van der Waals surface area contributed by atoms with Gasteiger partial charge in [0.15, 0.2) is 0 Å². The van der Waals surface area contributed by atoms with Crippen molar-refractivity contribution < 1.29 is 19.2 Å². The molecule has 0 aromatic heterocycles. The second-order valence-corrected chi connectivity index (χ2v) is 5.92. The molecule has 2 bridgehead atoms. The van der Waals surface area contributed by atoms with E-state index in [1.54, 1.807) is 6.92 Å². The number of carbonyl (C=O) groups is 2. The SMILES string of the molecule is C[C@@]12C=C[C@@H](O1)[C@H]1C(=O)N(c3cccc([N+](=O)[O-])c3)C(=O)[C@H]12. The molecule has 7 nitrogen and oxygen atoms in total. The predicted molar refractivity (Wildman–Crippen MR) is 75.0 cm³/mol. The minimum absolute atomic E-state index is 0.154. The van der Waals surface area contributed by atoms with Crippen LogP contribution in [-0.2, 0) is 14.3 Å². The van der Waals surface area contributed by atoms with Crippen molar-refractivity contribution in [1.29, 1.82) is 0 Å². The second-order valence-electron chi connectivity index (χ2n) is 5.92. The molecule has 0 aliphatic carbocycles. The van der Waals surface area contributed by atoms with Gasteiger partial charge in [-0.3, -0.25) is 19.7 Å². The molecule has 3 heterocycles. The van der Waals surface area contributed by atoms with Crippen LogP contribution in [0.4, 0.5) is 11.4 Å². The first-order valence-electron chi connectivity index (χ1n) is 6.92. The summed E-state index contributed by atoms with van der Waals surface area (Å²) in [6.45, 7) is 1.79. The minimum Gasteiger partial charge on any atom is -0.362 e. The lowest BCUT2D eigenvalue weighted by Gasteiger charge is -2.24. The van der Waals surface area contributed by atoms with Gasteiger partial charge in [-0.25, -0.2) is 4.90 Å². The Bertz CT molecular complexity index is 758. The van der Waals surface area contributed by atoms with Gasteiger partial charge in [-0.05, 0) is 13.0 Å². The van der Waals surface area contributed by atoms with E-state index in [0.717, 1.165) is 4.90 Å². The average molecular weight is 300 g/mol. The lowest BCUT2D eigenvalue weighted by Crippen LogP contribution is -2.38. The molecule has 22 heavy (non-hydrogen) atoms. The highest BCUT2D eigenvalue weighted by Crippen LogP contribution is 2.52. The Labute approximate surface area is 125 Å². The van der Waals surface area contributed by atoms with Crippen LogP contribution in [0.25, 0.3) is 0 Å². The van der Waals surface area contributed by atoms with Gasteiger partial charge in [-0.15, -0.1) is 0 Å². The summed E-state index contributed by atoms with van der Waals surface area (Å²) in [5.74, 6) is -1.81. The van der Waals surface area contributed by atoms with Gasteiger partial charge in [-0.1, -0.05) is 18.2 Å². The van der Waals surface area contributed by atoms with Gasteiger partial charge in [0.1, 0.15) is 0 Å². The van der Waals surface area contributed by atoms with Crippen molar-refractivity contribution in [1.82, 2.24) is 0 Å². The van der Waals surface area contributed by atoms with Gasteiger partial charge in [0.05, 0.1) is 34.2 Å². The first-order chi connectivity index (χ1) is 10.4. The van der Waals surface area contributed by atoms with Crippen LogP contribution in [0.1, 0.15) is 6.92 Å². The fourth-order valence-electron chi connectivity index (χ4n) is 3.65. The minimum atomic E-state index is -0.766. The Morgan fingerprint density at radius 3 is 2.77 bits per heavy atom. The van der Waals surface area contributed by atoms with Gasteiger partial charge in [-0.2, -0.15) is 0 Å². The van der Waals surface area contributed by atoms with Crippen LogP contribution < -0.4 is 4.90 Å². The van der Waals surface area contributed by atoms with E-state index in [9.17, 15) is 19.7 Å². The Morgan fingerprint density at radius 2 is 2.09 bits per heavy atom. The monoisotopic (exact) mass is 300 g/mol. The van der Waals surface area contributed by atoms with E-state index in [-0.39, 0.29) is 23.2 Å². The highest BCUT2D eigenvalue weighted by Gasteiger charge is 2.66. The Balaban J connectivity index is 1.77. The van der Waals surface area contributed by atoms with Crippen LogP contribution in [0.2, 0.25) is 0 Å². The van der Waals surface area contributed by atoms with Crippen LogP contribution >= 0.6 is 0 Å². The Hall–Kier alpha value is -2.54. The van der Waals surface area contributed by atoms with Crippen LogP contribution in [0.3, 0.4) is 0 Å². The molecule has 3 aliphatic rings. The lowest BCUT2D eigenvalue weighted by molar-refractivity contribution is -0.384. The number of ether oxygens (including phenoxy) is 1. The number of anilines is 1. The summed E-state index contributed by atoms with van der Waals surface area (Å²) in [6.07, 6.45) is 3.24. The third kappa shape index (κ3) is 1.48. The number of nitrogens with zero attached hydrogens (tertiary/aromatic N) is 2. The van der Waals surface area contributed by atoms with Gasteiger partial charge in [0.2, 0.25) is 11.8 Å². The van der Waals surface area contributed by atoms with Crippen molar-refractivity contribution in [2.45, 2.75) is 18.6 Å². The lowest BCUT2D eigenvalue weighted by atomic mass is 9.78. The molecule has 0 saturated carbocycles. The van der Waals surface area contributed by atoms with E-state index in [0.29, 0.717) is 0 Å². The predicted octanol–water partition coefficient (Wildman–Crippen LogP) is 1.43. The number of nitro benzene ring substituents is 1. The fourth-order valence-corrected chi connectivity index (χ4v) is 3.65. The molecule has 2 amide bonds. The second kappa shape index (κ2) is 4.01. The Morgan fingerprint density at radius 1 is 1.32 bits per heavy atom. The molecule has 0 N–H and O–H groups in total. The van der Waals surface area contributed by atoms with Gasteiger partial charge in [0, 0.05) is 12.1 Å². The summed E-state index contributed by atoms with van der Waals surface area (Å²) in [5, 5.41) is 10.9. The van der Waals surface area contributed by atoms with Crippen LogP contribution in [0.5, 0.6) is 0 Å². The summed E-state index contributed by atoms with van der Waals surface area (Å²) in [7, 11) is 0. The summed E-state index contributed by atoms with van der Waals surface area (Å²) in [4.78, 5) is 36.7. The van der Waals surface area contributed by atoms with E-state index in [4.69, 9.17) is 4.74 Å². The van der Waals surface area contributed by atoms with Crippen molar-refractivity contribution in [3.63, 3.8) is 0 Å². The van der Waals surface area contributed by atoms with Gasteiger partial charge in [0.25, 0.3) is 5.69 Å². The summed E-state index contributed by atoms with van der Waals surface area (Å²) < 4.78 is 5.73. The van der Waals surface area contributed by atoms with Crippen LogP contribution in [0.15, 0.2) is 36.4 Å². The molecule has 1 aromatic carbocycles. The molecule has 1 aromatic rings. The fraction of sp³-hybridized carbons (Fsp3) is 0.333. The van der Waals surface area contributed by atoms with E-state index in [1.165, 1.54) is 24.3 Å². The maximum atomic E-state index is 12.7. The molecule has 4 atom stereocenters. The molecule has 0 spiro atoms. The van der Waals surface area contributed by atoms with Crippen molar-refractivity contribution >= 4 is 23.2 Å². The number of carbonyl (C=O) groups excluding carboxylic acids is 2. The number of benzene rings is 1. The number of nitro groups is 1. The quantitative estimate of drug-likeness (QED) is 0.357. The number of amides is 2. The standard InChI is InChI=1S/C15H12N2O5/c1-15-6-5-10(22-15)11-12(15)14(19)16(13(11)18)8-3-2-4-9(7-8)17(20)21/h2-7,10-12H,1H3/t10-,11-,12+,15+/m1/s1. The highest BCUT2D eigenvalue weighted by molar-refractivity contribution is 6.23. The third-order valence-corrected chi connectivity index (χ3v) is 4.63. The van der Waals surface area contributed by atoms with Crippen molar-refractivity contribution in [3.8, 4) is 0 Å². The van der Waals surface area contributed by atoms with Crippen molar-refractivity contribution in [3.05, 3.63) is 46.5 Å². The zero-order valence-electron chi connectivity index (χ0n) is 11.6. The zero-order chi connectivity index (χ0) is 15.6. The van der Waals surface area contributed by atoms with E-state index >= 15 is 0 Å². The molecule has 112 valence electrons. The number of rotatable bonds is 2. The maximum absolute atomic E-state index is 12.7. The molecule has 0 unspecified atom stereocenters. The number of fused-ring (bicyclic) bond motifs is 5. The average Bonchev–Trinajstić information content (AvgIpc) is 3.08. The van der Waals surface area contributed by atoms with Crippen molar-refractivity contribution in [2.24, 2.45) is 11.8 Å². The molecule has 7 heteroatoms. The Kier molecular flexibility index (Phi) is 2.40. The molecule has 2 saturated heterocycles. The largest absolute Gasteiger partial charge is 0.362 e. The van der Waals surface area contributed by atoms with Gasteiger partial charge >= 0.3 is 0 Å². The summed E-state index contributed by atoms with van der Waals surface area (Å²) in [6, 6.07) is 5.57. The first-order valence-corrected chi connectivity index (χ1v) is 6.92. The molecular formula is C15H12N2O5. The summed E-state index contributed by atoms with van der Waals surface area (Å²) in [5.41, 5.74) is -0.683. The number of hydrogen-bond acceptors (Lipinski definition) is 5. The summed E-state index contributed by atoms with van der Waals surface area (Å²) >= 11 is 0. The van der Waals surface area contributed by atoms with E-state index in [1.807, 2.05) is 12.2 Å². The number of non-ortho nitro benzene ring substituents is 1. The number of hydrogen-bond donors (Lipinski definition) is 0. The molecule has 3 aliphatic heterocycles. The normalized spacial score (nSPS) is 35.3. The maximum Gasteiger partial charge on any atom is 0.271 e. The van der Waals surface area contributed by atoms with Crippen molar-refractivity contribution in [2.75, 3.05) is 4.90 Å². The third-order valence-electron chi connectivity index (χ3n) is 4.63. The topological polar surface area (TPSA) is 89.8 Å².